The van der Waals surface area contributed by atoms with Crippen LogP contribution in [0, 0.1) is 0 Å². The first kappa shape index (κ1) is 24.0. The van der Waals surface area contributed by atoms with Crippen LogP contribution in [0.15, 0.2) is 0 Å². The van der Waals surface area contributed by atoms with Crippen molar-refractivity contribution in [3.05, 3.63) is 0 Å². The Morgan fingerprint density at radius 1 is 0.379 bits per heavy atom. The van der Waals surface area contributed by atoms with Gasteiger partial charge < -0.3 is 4.12 Å². The van der Waals surface area contributed by atoms with E-state index in [1.165, 1.54) is 128 Å². The lowest BCUT2D eigenvalue weighted by molar-refractivity contribution is 0.368. The van der Waals surface area contributed by atoms with Crippen LogP contribution >= 0.6 is 43.6 Å². The molecule has 0 spiro atoms. The molecular formula is C24H44I2OSi2. The summed E-state index contributed by atoms with van der Waals surface area (Å²) in [6.07, 6.45) is 29.9. The zero-order valence-electron chi connectivity index (χ0n) is 18.6. The van der Waals surface area contributed by atoms with Gasteiger partial charge in [-0.15, -0.1) is 0 Å². The van der Waals surface area contributed by atoms with Crippen molar-refractivity contribution in [2.45, 2.75) is 151 Å². The summed E-state index contributed by atoms with van der Waals surface area (Å²) in [6.45, 7) is 0. The molecule has 0 aliphatic heterocycles. The van der Waals surface area contributed by atoms with Crippen LogP contribution in [-0.2, 0) is 4.12 Å². The van der Waals surface area contributed by atoms with Crippen LogP contribution in [0.25, 0.3) is 0 Å². The Morgan fingerprint density at radius 2 is 0.586 bits per heavy atom. The third-order valence-electron chi connectivity index (χ3n) is 8.96. The van der Waals surface area contributed by atoms with Gasteiger partial charge in [0.15, 0.2) is 0 Å². The van der Waals surface area contributed by atoms with E-state index in [1.807, 2.05) is 0 Å². The van der Waals surface area contributed by atoms with Crippen molar-refractivity contribution in [1.29, 1.82) is 0 Å². The van der Waals surface area contributed by atoms with E-state index in [0.29, 0.717) is 0 Å². The predicted octanol–water partition coefficient (Wildman–Crippen LogP) is 10.1. The Hall–Kier alpha value is 1.85. The molecule has 0 amide bonds. The maximum atomic E-state index is 8.03. The minimum atomic E-state index is -1.73. The van der Waals surface area contributed by atoms with Crippen molar-refractivity contribution in [2.75, 3.05) is 0 Å². The van der Waals surface area contributed by atoms with Gasteiger partial charge in [-0.2, -0.15) is 0 Å². The van der Waals surface area contributed by atoms with Gasteiger partial charge in [0.1, 0.15) is 0 Å². The van der Waals surface area contributed by atoms with Gasteiger partial charge in [-0.3, -0.25) is 0 Å². The van der Waals surface area contributed by atoms with Crippen molar-refractivity contribution in [1.82, 2.24) is 0 Å². The monoisotopic (exact) mass is 658 g/mol. The van der Waals surface area contributed by atoms with E-state index in [-0.39, 0.29) is 0 Å². The number of halogens is 2. The molecule has 0 unspecified atom stereocenters. The van der Waals surface area contributed by atoms with Crippen molar-refractivity contribution in [3.63, 3.8) is 0 Å². The molecule has 0 N–H and O–H groups in total. The van der Waals surface area contributed by atoms with E-state index in [9.17, 15) is 0 Å². The van der Waals surface area contributed by atoms with Crippen LogP contribution in [0.1, 0.15) is 128 Å². The normalized spacial score (nSPS) is 27.9. The van der Waals surface area contributed by atoms with Gasteiger partial charge in [-0.1, -0.05) is 121 Å². The molecule has 0 heterocycles. The molecule has 0 radical (unpaired) electrons. The van der Waals surface area contributed by atoms with Gasteiger partial charge in [0, 0.05) is 0 Å². The van der Waals surface area contributed by atoms with E-state index in [2.05, 4.69) is 43.6 Å². The molecule has 4 saturated carbocycles. The van der Waals surface area contributed by atoms with Crippen LogP contribution in [0.4, 0.5) is 0 Å². The van der Waals surface area contributed by atoms with Gasteiger partial charge in [0.25, 0.3) is 11.6 Å². The maximum absolute atomic E-state index is 8.03. The standard InChI is InChI=1S/C24H44I2OSi2/c25-28(21-13-5-1-6-14-21,22-15-7-2-8-16-22)27-29(26,23-17-9-3-10-18-23)24-19-11-4-12-20-24/h21-24H,1-20H2. The van der Waals surface area contributed by atoms with Gasteiger partial charge in [-0.05, 0) is 73.5 Å². The third-order valence-corrected chi connectivity index (χ3v) is 32.8. The zero-order chi connectivity index (χ0) is 20.2. The average molecular weight is 659 g/mol. The highest BCUT2D eigenvalue weighted by Crippen LogP contribution is 2.59. The molecule has 29 heavy (non-hydrogen) atoms. The molecule has 5 heteroatoms. The Bertz CT molecular complexity index is 413. The second-order valence-corrected chi connectivity index (χ2v) is 27.8. The lowest BCUT2D eigenvalue weighted by atomic mass is 9.99. The first-order chi connectivity index (χ1) is 14.1. The molecular weight excluding hydrogens is 614 g/mol. The molecule has 4 aliphatic rings. The van der Waals surface area contributed by atoms with Gasteiger partial charge in [0.2, 0.25) is 0 Å². The molecule has 168 valence electrons. The SMILES string of the molecule is I[Si](O[Si](I)(C1CCCCC1)C1CCCCC1)(C1CCCCC1)C1CCCCC1. The quantitative estimate of drug-likeness (QED) is 0.157. The molecule has 1 nitrogen and oxygen atoms in total. The molecule has 0 aromatic heterocycles. The summed E-state index contributed by atoms with van der Waals surface area (Å²) in [5.74, 6) is -3.45. The lowest BCUT2D eigenvalue weighted by Crippen LogP contribution is -2.55. The van der Waals surface area contributed by atoms with Crippen LogP contribution in [0.3, 0.4) is 0 Å². The second-order valence-electron chi connectivity index (χ2n) is 10.8. The zero-order valence-corrected chi connectivity index (χ0v) is 24.9. The highest BCUT2D eigenvalue weighted by atomic mass is 127. The van der Waals surface area contributed by atoms with Gasteiger partial charge >= 0.3 is 0 Å². The number of hydrogen-bond acceptors (Lipinski definition) is 1. The first-order valence-corrected chi connectivity index (χ1v) is 23.6. The summed E-state index contributed by atoms with van der Waals surface area (Å²) in [7, 11) is 0. The molecule has 0 atom stereocenters. The third kappa shape index (κ3) is 5.68. The first-order valence-electron chi connectivity index (χ1n) is 13.2. The smallest absolute Gasteiger partial charge is 0.254 e. The highest BCUT2D eigenvalue weighted by molar-refractivity contribution is 14.1. The van der Waals surface area contributed by atoms with Gasteiger partial charge in [-0.25, -0.2) is 0 Å². The van der Waals surface area contributed by atoms with Crippen LogP contribution in [0.5, 0.6) is 0 Å². The summed E-state index contributed by atoms with van der Waals surface area (Å²) in [5.41, 5.74) is 3.87. The van der Waals surface area contributed by atoms with Crippen molar-refractivity contribution < 1.29 is 4.12 Å². The number of hydrogen-bond donors (Lipinski definition) is 0. The number of rotatable bonds is 6. The van der Waals surface area contributed by atoms with Crippen molar-refractivity contribution in [3.8, 4) is 0 Å². The van der Waals surface area contributed by atoms with E-state index in [1.54, 1.807) is 0 Å². The fraction of sp³-hybridized carbons (Fsp3) is 1.00. The summed E-state index contributed by atoms with van der Waals surface area (Å²) in [6, 6.07) is 0. The minimum absolute atomic E-state index is 0.966. The molecule has 4 fully saturated rings. The predicted molar refractivity (Wildman–Crippen MR) is 148 cm³/mol. The fourth-order valence-corrected chi connectivity index (χ4v) is 35.7. The molecule has 0 saturated heterocycles. The van der Waals surface area contributed by atoms with E-state index >= 15 is 0 Å². The summed E-state index contributed by atoms with van der Waals surface area (Å²) >= 11 is 6.15. The minimum Gasteiger partial charge on any atom is -0.440 e. The van der Waals surface area contributed by atoms with E-state index in [4.69, 9.17) is 4.12 Å². The summed E-state index contributed by atoms with van der Waals surface area (Å²) in [4.78, 5) is 0. The topological polar surface area (TPSA) is 9.23 Å². The molecule has 0 aromatic rings. The van der Waals surface area contributed by atoms with Crippen molar-refractivity contribution in [2.24, 2.45) is 0 Å². The Kier molecular flexibility index (Phi) is 9.37. The Labute approximate surface area is 208 Å². The molecule has 0 bridgehead atoms. The Balaban J connectivity index is 1.62. The molecule has 4 rings (SSSR count). The van der Waals surface area contributed by atoms with Crippen LogP contribution in [-0.4, -0.2) is 11.6 Å². The fourth-order valence-electron chi connectivity index (χ4n) is 7.22. The van der Waals surface area contributed by atoms with E-state index in [0.717, 1.165) is 22.2 Å². The largest absolute Gasteiger partial charge is 0.440 e. The van der Waals surface area contributed by atoms with Crippen LogP contribution in [0.2, 0.25) is 22.2 Å². The molecule has 0 aromatic carbocycles. The van der Waals surface area contributed by atoms with Gasteiger partial charge in [0.05, 0.1) is 0 Å². The van der Waals surface area contributed by atoms with Crippen molar-refractivity contribution >= 4 is 55.2 Å². The summed E-state index contributed by atoms with van der Waals surface area (Å²) < 4.78 is 8.03. The average Bonchev–Trinajstić information content (AvgIpc) is 2.81. The highest BCUT2D eigenvalue weighted by Gasteiger charge is 2.57. The lowest BCUT2D eigenvalue weighted by Gasteiger charge is -2.52. The van der Waals surface area contributed by atoms with E-state index < -0.39 is 11.6 Å². The Morgan fingerprint density at radius 3 is 0.793 bits per heavy atom. The second kappa shape index (κ2) is 11.3. The summed E-state index contributed by atoms with van der Waals surface area (Å²) in [5, 5.41) is 0. The molecule has 4 aliphatic carbocycles. The maximum Gasteiger partial charge on any atom is 0.254 e. The van der Waals surface area contributed by atoms with Crippen LogP contribution < -0.4 is 0 Å².